The summed E-state index contributed by atoms with van der Waals surface area (Å²) in [5, 5.41) is 6.52. The fourth-order valence-corrected chi connectivity index (χ4v) is 4.88. The van der Waals surface area contributed by atoms with Crippen molar-refractivity contribution in [3.63, 3.8) is 0 Å². The Labute approximate surface area is 197 Å². The van der Waals surface area contributed by atoms with Gasteiger partial charge < -0.3 is 24.8 Å². The first-order chi connectivity index (χ1) is 16.5. The fourth-order valence-electron chi connectivity index (χ4n) is 4.88. The molecule has 2 amide bonds. The minimum atomic E-state index is -0.351. The Balaban J connectivity index is 1.23. The molecular weight excluding hydrogens is 435 g/mol. The van der Waals surface area contributed by atoms with Crippen molar-refractivity contribution in [2.75, 3.05) is 30.3 Å². The second kappa shape index (κ2) is 8.85. The van der Waals surface area contributed by atoms with Gasteiger partial charge in [-0.05, 0) is 67.8 Å². The maximum atomic E-state index is 13.9. The van der Waals surface area contributed by atoms with Crippen LogP contribution in [-0.4, -0.2) is 41.2 Å². The first-order valence-corrected chi connectivity index (χ1v) is 11.5. The number of anilines is 2. The number of piperidine rings is 1. The number of nitrogens with zero attached hydrogens (tertiary/aromatic N) is 2. The van der Waals surface area contributed by atoms with Crippen LogP contribution >= 0.6 is 0 Å². The number of carbonyl (C=O) groups excluding carboxylic acids is 2. The molecule has 1 fully saturated rings. The highest BCUT2D eigenvalue weighted by Gasteiger charge is 2.42. The average molecular weight is 463 g/mol. The van der Waals surface area contributed by atoms with Crippen LogP contribution in [0.1, 0.15) is 31.0 Å². The molecule has 3 heterocycles. The lowest BCUT2D eigenvalue weighted by Gasteiger charge is -2.46. The van der Waals surface area contributed by atoms with Crippen molar-refractivity contribution < 1.29 is 18.7 Å². The summed E-state index contributed by atoms with van der Waals surface area (Å²) in [6, 6.07) is 15.9. The number of aromatic nitrogens is 1. The number of fused-ring (bicyclic) bond motifs is 4. The summed E-state index contributed by atoms with van der Waals surface area (Å²) < 4.78 is 21.0. The second-order valence-corrected chi connectivity index (χ2v) is 8.73. The molecule has 2 N–H and O–H groups in total. The van der Waals surface area contributed by atoms with Crippen molar-refractivity contribution in [2.45, 2.75) is 31.7 Å². The molecule has 8 heteroatoms. The smallest absolute Gasteiger partial charge is 0.321 e. The molecule has 7 nitrogen and oxygen atoms in total. The standard InChI is InChI=1S/C26H27FN4O3/c1-2-34-24(32)16-18-5-8-20(9-6-18)28-25(33)30-14-11-26(12-15-30)23-4-3-13-31(23)22-10-7-19(27)17-21(22)29-26/h3-10,13,17,29H,2,11-12,14-16H2,1H3,(H,28,33). The molecule has 2 aliphatic heterocycles. The topological polar surface area (TPSA) is 75.6 Å². The van der Waals surface area contributed by atoms with Crippen LogP contribution in [-0.2, 0) is 21.5 Å². The lowest BCUT2D eigenvalue weighted by atomic mass is 9.82. The Morgan fingerprint density at radius 2 is 1.88 bits per heavy atom. The SMILES string of the molecule is CCOC(=O)Cc1ccc(NC(=O)N2CCC3(CC2)Nc2cc(F)ccc2-n2cccc23)cc1. The van der Waals surface area contributed by atoms with E-state index in [-0.39, 0.29) is 29.8 Å². The van der Waals surface area contributed by atoms with Crippen LogP contribution in [0.4, 0.5) is 20.6 Å². The first-order valence-electron chi connectivity index (χ1n) is 11.5. The molecular formula is C26H27FN4O3. The summed E-state index contributed by atoms with van der Waals surface area (Å²) in [5.74, 6) is -0.545. The number of benzene rings is 2. The highest BCUT2D eigenvalue weighted by molar-refractivity contribution is 5.89. The Kier molecular flexibility index (Phi) is 5.73. The van der Waals surface area contributed by atoms with Gasteiger partial charge in [0.25, 0.3) is 0 Å². The summed E-state index contributed by atoms with van der Waals surface area (Å²) in [5.41, 5.74) is 3.98. The molecule has 1 aromatic heterocycles. The molecule has 176 valence electrons. The van der Waals surface area contributed by atoms with Crippen molar-refractivity contribution in [1.82, 2.24) is 9.47 Å². The van der Waals surface area contributed by atoms with Crippen LogP contribution < -0.4 is 10.6 Å². The highest BCUT2D eigenvalue weighted by atomic mass is 19.1. The minimum absolute atomic E-state index is 0.161. The third-order valence-electron chi connectivity index (χ3n) is 6.59. The van der Waals surface area contributed by atoms with Gasteiger partial charge in [-0.3, -0.25) is 4.79 Å². The zero-order valence-corrected chi connectivity index (χ0v) is 19.0. The summed E-state index contributed by atoms with van der Waals surface area (Å²) in [4.78, 5) is 26.3. The predicted molar refractivity (Wildman–Crippen MR) is 128 cm³/mol. The number of carbonyl (C=O) groups is 2. The quantitative estimate of drug-likeness (QED) is 0.553. The molecule has 5 rings (SSSR count). The maximum Gasteiger partial charge on any atom is 0.321 e. The fraction of sp³-hybridized carbons (Fsp3) is 0.308. The Morgan fingerprint density at radius 1 is 1.12 bits per heavy atom. The van der Waals surface area contributed by atoms with Crippen molar-refractivity contribution >= 4 is 23.4 Å². The van der Waals surface area contributed by atoms with Gasteiger partial charge in [-0.25, -0.2) is 9.18 Å². The van der Waals surface area contributed by atoms with Crippen LogP contribution in [0.15, 0.2) is 60.8 Å². The maximum absolute atomic E-state index is 13.9. The number of hydrogen-bond donors (Lipinski definition) is 2. The lowest BCUT2D eigenvalue weighted by Crippen LogP contribution is -2.51. The monoisotopic (exact) mass is 462 g/mol. The van der Waals surface area contributed by atoms with Crippen LogP contribution in [0, 0.1) is 5.82 Å². The van der Waals surface area contributed by atoms with Gasteiger partial charge in [0.15, 0.2) is 0 Å². The summed E-state index contributed by atoms with van der Waals surface area (Å²) in [7, 11) is 0. The van der Waals surface area contributed by atoms with Crippen LogP contribution in [0.2, 0.25) is 0 Å². The molecule has 1 saturated heterocycles. The third kappa shape index (κ3) is 4.11. The van der Waals surface area contributed by atoms with Gasteiger partial charge in [-0.2, -0.15) is 0 Å². The van der Waals surface area contributed by atoms with Gasteiger partial charge in [0, 0.05) is 30.7 Å². The molecule has 0 saturated carbocycles. The van der Waals surface area contributed by atoms with E-state index in [2.05, 4.69) is 21.3 Å². The van der Waals surface area contributed by atoms with E-state index in [1.165, 1.54) is 12.1 Å². The number of hydrogen-bond acceptors (Lipinski definition) is 4. The van der Waals surface area contributed by atoms with Crippen molar-refractivity contribution in [3.05, 3.63) is 77.9 Å². The minimum Gasteiger partial charge on any atom is -0.466 e. The van der Waals surface area contributed by atoms with Gasteiger partial charge in [-0.1, -0.05) is 12.1 Å². The molecule has 2 aromatic carbocycles. The van der Waals surface area contributed by atoms with E-state index in [4.69, 9.17) is 4.74 Å². The van der Waals surface area contributed by atoms with E-state index >= 15 is 0 Å². The summed E-state index contributed by atoms with van der Waals surface area (Å²) in [6.45, 7) is 3.26. The molecule has 0 aliphatic carbocycles. The normalized spacial score (nSPS) is 15.8. The van der Waals surface area contributed by atoms with Gasteiger partial charge in [-0.15, -0.1) is 0 Å². The van der Waals surface area contributed by atoms with E-state index in [0.717, 1.165) is 22.6 Å². The predicted octanol–water partition coefficient (Wildman–Crippen LogP) is 4.67. The molecule has 0 atom stereocenters. The van der Waals surface area contributed by atoms with E-state index in [0.29, 0.717) is 38.2 Å². The Hall–Kier alpha value is -3.81. The highest BCUT2D eigenvalue weighted by Crippen LogP contribution is 2.43. The average Bonchev–Trinajstić information content (AvgIpc) is 3.32. The zero-order chi connectivity index (χ0) is 23.7. The number of amides is 2. The van der Waals surface area contributed by atoms with E-state index in [9.17, 15) is 14.0 Å². The van der Waals surface area contributed by atoms with Gasteiger partial charge in [0.05, 0.1) is 29.9 Å². The second-order valence-electron chi connectivity index (χ2n) is 8.73. The van der Waals surface area contributed by atoms with Crippen molar-refractivity contribution in [3.8, 4) is 5.69 Å². The number of rotatable bonds is 4. The summed E-state index contributed by atoms with van der Waals surface area (Å²) >= 11 is 0. The first kappa shape index (κ1) is 22.0. The molecule has 0 unspecified atom stereocenters. The largest absolute Gasteiger partial charge is 0.466 e. The van der Waals surface area contributed by atoms with E-state index < -0.39 is 0 Å². The van der Waals surface area contributed by atoms with Gasteiger partial charge in [0.1, 0.15) is 5.82 Å². The van der Waals surface area contributed by atoms with E-state index in [1.807, 2.05) is 24.4 Å². The number of ether oxygens (including phenoxy) is 1. The number of esters is 1. The number of halogens is 1. The Bertz CT molecular complexity index is 1210. The lowest BCUT2D eigenvalue weighted by molar-refractivity contribution is -0.142. The Morgan fingerprint density at radius 3 is 2.62 bits per heavy atom. The molecule has 0 bridgehead atoms. The molecule has 34 heavy (non-hydrogen) atoms. The number of likely N-dealkylation sites (tertiary alicyclic amines) is 1. The van der Waals surface area contributed by atoms with E-state index in [1.54, 1.807) is 30.0 Å². The summed E-state index contributed by atoms with van der Waals surface area (Å²) in [6.07, 6.45) is 3.62. The number of nitrogens with one attached hydrogen (secondary N) is 2. The van der Waals surface area contributed by atoms with Crippen LogP contribution in [0.25, 0.3) is 5.69 Å². The zero-order valence-electron chi connectivity index (χ0n) is 19.0. The third-order valence-corrected chi connectivity index (χ3v) is 6.59. The number of urea groups is 1. The van der Waals surface area contributed by atoms with Crippen LogP contribution in [0.5, 0.6) is 0 Å². The van der Waals surface area contributed by atoms with Crippen LogP contribution in [0.3, 0.4) is 0 Å². The molecule has 0 radical (unpaired) electrons. The molecule has 1 spiro atoms. The molecule has 3 aromatic rings. The van der Waals surface area contributed by atoms with Gasteiger partial charge >= 0.3 is 12.0 Å². The molecule has 2 aliphatic rings. The van der Waals surface area contributed by atoms with Gasteiger partial charge in [0.2, 0.25) is 0 Å². The van der Waals surface area contributed by atoms with Crippen molar-refractivity contribution in [2.24, 2.45) is 0 Å². The van der Waals surface area contributed by atoms with Crippen molar-refractivity contribution in [1.29, 1.82) is 0 Å².